The molecule has 0 aromatic rings. The van der Waals surface area contributed by atoms with Gasteiger partial charge in [0.05, 0.1) is 0 Å². The summed E-state index contributed by atoms with van der Waals surface area (Å²) in [5.74, 6) is 1.13. The smallest absolute Gasteiger partial charge is 0.0415 e. The highest BCUT2D eigenvalue weighted by molar-refractivity contribution is 5.09. The average Bonchev–Trinajstić information content (AvgIpc) is 1.96. The monoisotopic (exact) mass is 169 g/mol. The van der Waals surface area contributed by atoms with Gasteiger partial charge in [-0.25, -0.2) is 0 Å². The number of hydrogen-bond acceptors (Lipinski definition) is 2. The van der Waals surface area contributed by atoms with Gasteiger partial charge in [-0.3, -0.25) is 0 Å². The minimum atomic E-state index is 0.296. The third-order valence-corrected chi connectivity index (χ3v) is 2.99. The molecule has 70 valence electrons. The molecular weight excluding hydrogens is 150 g/mol. The lowest BCUT2D eigenvalue weighted by molar-refractivity contribution is -0.122. The Morgan fingerprint density at radius 3 is 2.58 bits per heavy atom. The SMILES string of the molecule is CC1=C[C@H](C)[C@@H](C)[C@H](N(C)O)C1. The summed E-state index contributed by atoms with van der Waals surface area (Å²) in [6.07, 6.45) is 3.31. The van der Waals surface area contributed by atoms with Gasteiger partial charge in [0.2, 0.25) is 0 Å². The summed E-state index contributed by atoms with van der Waals surface area (Å²) < 4.78 is 0. The highest BCUT2D eigenvalue weighted by atomic mass is 16.5. The van der Waals surface area contributed by atoms with Gasteiger partial charge in [0, 0.05) is 13.1 Å². The zero-order valence-electron chi connectivity index (χ0n) is 8.41. The molecule has 2 heteroatoms. The van der Waals surface area contributed by atoms with Crippen LogP contribution in [0.25, 0.3) is 0 Å². The first kappa shape index (κ1) is 9.75. The van der Waals surface area contributed by atoms with Crippen molar-refractivity contribution in [3.05, 3.63) is 11.6 Å². The lowest BCUT2D eigenvalue weighted by Gasteiger charge is -2.35. The van der Waals surface area contributed by atoms with Crippen LogP contribution in [0.15, 0.2) is 11.6 Å². The molecule has 1 rings (SSSR count). The first-order valence-electron chi connectivity index (χ1n) is 4.61. The summed E-state index contributed by atoms with van der Waals surface area (Å²) in [4.78, 5) is 0. The van der Waals surface area contributed by atoms with Crippen LogP contribution in [0.4, 0.5) is 0 Å². The molecule has 1 aliphatic rings. The van der Waals surface area contributed by atoms with Gasteiger partial charge in [-0.15, -0.1) is 0 Å². The van der Waals surface area contributed by atoms with E-state index in [1.165, 1.54) is 10.6 Å². The molecule has 0 unspecified atom stereocenters. The topological polar surface area (TPSA) is 23.5 Å². The van der Waals surface area contributed by atoms with Crippen LogP contribution in [0, 0.1) is 11.8 Å². The maximum Gasteiger partial charge on any atom is 0.0415 e. The molecule has 2 nitrogen and oxygen atoms in total. The van der Waals surface area contributed by atoms with E-state index >= 15 is 0 Å². The highest BCUT2D eigenvalue weighted by Crippen LogP contribution is 2.30. The third kappa shape index (κ3) is 1.87. The van der Waals surface area contributed by atoms with Gasteiger partial charge in [-0.2, -0.15) is 5.06 Å². The fraction of sp³-hybridized carbons (Fsp3) is 0.800. The minimum Gasteiger partial charge on any atom is -0.314 e. The second-order valence-electron chi connectivity index (χ2n) is 4.08. The van der Waals surface area contributed by atoms with Crippen LogP contribution in [-0.4, -0.2) is 23.4 Å². The first-order valence-corrected chi connectivity index (χ1v) is 4.61. The summed E-state index contributed by atoms with van der Waals surface area (Å²) in [6, 6.07) is 0.296. The molecule has 0 aromatic carbocycles. The molecule has 0 radical (unpaired) electrons. The van der Waals surface area contributed by atoms with E-state index in [-0.39, 0.29) is 0 Å². The van der Waals surface area contributed by atoms with E-state index in [2.05, 4.69) is 26.8 Å². The Hall–Kier alpha value is -0.340. The van der Waals surface area contributed by atoms with E-state index in [1.54, 1.807) is 7.05 Å². The van der Waals surface area contributed by atoms with Crippen molar-refractivity contribution in [3.63, 3.8) is 0 Å². The standard InChI is InChI=1S/C10H19NO/c1-7-5-8(2)9(3)10(6-7)11(4)12/h5,8-10,12H,6H2,1-4H3/t8-,9+,10+/m0/s1. The first-order chi connectivity index (χ1) is 5.52. The van der Waals surface area contributed by atoms with Gasteiger partial charge < -0.3 is 5.21 Å². The number of hydroxylamine groups is 2. The van der Waals surface area contributed by atoms with E-state index in [0.717, 1.165) is 6.42 Å². The van der Waals surface area contributed by atoms with E-state index in [1.807, 2.05) is 0 Å². The van der Waals surface area contributed by atoms with Crippen LogP contribution in [0.3, 0.4) is 0 Å². The Balaban J connectivity index is 2.73. The fourth-order valence-electron chi connectivity index (χ4n) is 2.01. The zero-order valence-corrected chi connectivity index (χ0v) is 8.41. The summed E-state index contributed by atoms with van der Waals surface area (Å²) in [7, 11) is 1.74. The molecule has 0 fully saturated rings. The quantitative estimate of drug-likeness (QED) is 0.481. The molecule has 12 heavy (non-hydrogen) atoms. The molecule has 0 aromatic heterocycles. The van der Waals surface area contributed by atoms with Crippen molar-refractivity contribution in [1.29, 1.82) is 0 Å². The highest BCUT2D eigenvalue weighted by Gasteiger charge is 2.28. The van der Waals surface area contributed by atoms with Crippen molar-refractivity contribution in [2.45, 2.75) is 33.2 Å². The Morgan fingerprint density at radius 1 is 1.50 bits per heavy atom. The predicted molar refractivity (Wildman–Crippen MR) is 50.0 cm³/mol. The molecule has 0 heterocycles. The molecule has 0 saturated heterocycles. The van der Waals surface area contributed by atoms with Crippen LogP contribution in [0.1, 0.15) is 27.2 Å². The molecule has 0 bridgehead atoms. The Morgan fingerprint density at radius 2 is 2.08 bits per heavy atom. The summed E-state index contributed by atoms with van der Waals surface area (Å²) in [6.45, 7) is 6.55. The van der Waals surface area contributed by atoms with Crippen molar-refractivity contribution in [2.75, 3.05) is 7.05 Å². The zero-order chi connectivity index (χ0) is 9.30. The van der Waals surface area contributed by atoms with Gasteiger partial charge in [0.1, 0.15) is 0 Å². The summed E-state index contributed by atoms with van der Waals surface area (Å²) in [5, 5.41) is 10.7. The summed E-state index contributed by atoms with van der Waals surface area (Å²) >= 11 is 0. The molecule has 0 saturated carbocycles. The van der Waals surface area contributed by atoms with Gasteiger partial charge >= 0.3 is 0 Å². The van der Waals surface area contributed by atoms with Crippen LogP contribution >= 0.6 is 0 Å². The minimum absolute atomic E-state index is 0.296. The normalized spacial score (nSPS) is 36.8. The molecule has 1 N–H and O–H groups in total. The molecule has 0 amide bonds. The number of hydrogen-bond donors (Lipinski definition) is 1. The molecule has 0 spiro atoms. The maximum atomic E-state index is 9.39. The van der Waals surface area contributed by atoms with Crippen molar-refractivity contribution < 1.29 is 5.21 Å². The second-order valence-corrected chi connectivity index (χ2v) is 4.08. The van der Waals surface area contributed by atoms with Crippen molar-refractivity contribution >= 4 is 0 Å². The second kappa shape index (κ2) is 3.58. The molecular formula is C10H19NO. The van der Waals surface area contributed by atoms with Gasteiger partial charge in [-0.1, -0.05) is 25.5 Å². The maximum absolute atomic E-state index is 9.39. The van der Waals surface area contributed by atoms with Gasteiger partial charge in [0.25, 0.3) is 0 Å². The van der Waals surface area contributed by atoms with Crippen molar-refractivity contribution in [1.82, 2.24) is 5.06 Å². The van der Waals surface area contributed by atoms with Crippen LogP contribution in [0.5, 0.6) is 0 Å². The fourth-order valence-corrected chi connectivity index (χ4v) is 2.01. The lowest BCUT2D eigenvalue weighted by atomic mass is 9.79. The molecule has 1 aliphatic carbocycles. The van der Waals surface area contributed by atoms with Gasteiger partial charge in [0.15, 0.2) is 0 Å². The number of allylic oxidation sites excluding steroid dienone is 1. The molecule has 3 atom stereocenters. The largest absolute Gasteiger partial charge is 0.314 e. The average molecular weight is 169 g/mol. The van der Waals surface area contributed by atoms with Crippen molar-refractivity contribution in [3.8, 4) is 0 Å². The van der Waals surface area contributed by atoms with E-state index in [4.69, 9.17) is 0 Å². The lowest BCUT2D eigenvalue weighted by Crippen LogP contribution is -2.39. The third-order valence-electron chi connectivity index (χ3n) is 2.99. The number of nitrogens with zero attached hydrogens (tertiary/aromatic N) is 1. The predicted octanol–water partition coefficient (Wildman–Crippen LogP) is 2.30. The van der Waals surface area contributed by atoms with Crippen LogP contribution in [-0.2, 0) is 0 Å². The number of rotatable bonds is 1. The molecule has 0 aliphatic heterocycles. The van der Waals surface area contributed by atoms with Gasteiger partial charge in [-0.05, 0) is 25.2 Å². The van der Waals surface area contributed by atoms with E-state index in [9.17, 15) is 5.21 Å². The van der Waals surface area contributed by atoms with Crippen molar-refractivity contribution in [2.24, 2.45) is 11.8 Å². The van der Waals surface area contributed by atoms with Crippen LogP contribution < -0.4 is 0 Å². The summed E-state index contributed by atoms with van der Waals surface area (Å²) in [5.41, 5.74) is 1.39. The Bertz CT molecular complexity index is 186. The van der Waals surface area contributed by atoms with Crippen LogP contribution in [0.2, 0.25) is 0 Å². The van der Waals surface area contributed by atoms with E-state index < -0.39 is 0 Å². The Kier molecular flexibility index (Phi) is 2.91. The van der Waals surface area contributed by atoms with E-state index in [0.29, 0.717) is 17.9 Å². The Labute approximate surface area is 74.8 Å².